The molecule has 4 nitrogen and oxygen atoms in total. The monoisotopic (exact) mass is 189 g/mol. The van der Waals surface area contributed by atoms with E-state index >= 15 is 0 Å². The SMILES string of the molecule is Nc1ccc2c(O)ccc(N)c2c1N. The van der Waals surface area contributed by atoms with Crippen LogP contribution in [0.15, 0.2) is 24.3 Å². The topological polar surface area (TPSA) is 98.3 Å². The first kappa shape index (κ1) is 8.50. The summed E-state index contributed by atoms with van der Waals surface area (Å²) in [4.78, 5) is 0. The molecule has 7 N–H and O–H groups in total. The van der Waals surface area contributed by atoms with E-state index in [9.17, 15) is 5.11 Å². The first-order valence-corrected chi connectivity index (χ1v) is 4.16. The van der Waals surface area contributed by atoms with Crippen molar-refractivity contribution in [3.8, 4) is 5.75 Å². The van der Waals surface area contributed by atoms with E-state index in [1.807, 2.05) is 0 Å². The van der Waals surface area contributed by atoms with Gasteiger partial charge in [0.1, 0.15) is 5.75 Å². The van der Waals surface area contributed by atoms with Crippen molar-refractivity contribution in [1.29, 1.82) is 0 Å². The van der Waals surface area contributed by atoms with Gasteiger partial charge in [-0.2, -0.15) is 0 Å². The Morgan fingerprint density at radius 2 is 1.50 bits per heavy atom. The van der Waals surface area contributed by atoms with Gasteiger partial charge in [-0.3, -0.25) is 0 Å². The predicted molar refractivity (Wildman–Crippen MR) is 58.8 cm³/mol. The number of hydrogen-bond donors (Lipinski definition) is 4. The van der Waals surface area contributed by atoms with Crippen molar-refractivity contribution in [2.75, 3.05) is 17.2 Å². The summed E-state index contributed by atoms with van der Waals surface area (Å²) >= 11 is 0. The molecule has 14 heavy (non-hydrogen) atoms. The fourth-order valence-corrected chi connectivity index (χ4v) is 1.50. The summed E-state index contributed by atoms with van der Waals surface area (Å²) in [6, 6.07) is 6.49. The third-order valence-electron chi connectivity index (χ3n) is 2.26. The van der Waals surface area contributed by atoms with Crippen molar-refractivity contribution in [1.82, 2.24) is 0 Å². The number of fused-ring (bicyclic) bond motifs is 1. The number of aromatic hydroxyl groups is 1. The summed E-state index contributed by atoms with van der Waals surface area (Å²) in [5.41, 5.74) is 18.6. The molecule has 2 aromatic carbocycles. The van der Waals surface area contributed by atoms with Crippen molar-refractivity contribution in [2.24, 2.45) is 0 Å². The second-order valence-electron chi connectivity index (χ2n) is 3.16. The molecule has 0 aliphatic heterocycles. The third kappa shape index (κ3) is 1.01. The van der Waals surface area contributed by atoms with Gasteiger partial charge in [-0.15, -0.1) is 0 Å². The lowest BCUT2D eigenvalue weighted by Gasteiger charge is -2.09. The highest BCUT2D eigenvalue weighted by molar-refractivity contribution is 6.07. The van der Waals surface area contributed by atoms with Crippen LogP contribution in [0.5, 0.6) is 5.75 Å². The van der Waals surface area contributed by atoms with E-state index in [1.165, 1.54) is 6.07 Å². The molecule has 2 aromatic rings. The molecule has 0 bridgehead atoms. The van der Waals surface area contributed by atoms with E-state index in [-0.39, 0.29) is 5.75 Å². The highest BCUT2D eigenvalue weighted by atomic mass is 16.3. The molecule has 0 heterocycles. The van der Waals surface area contributed by atoms with Gasteiger partial charge in [-0.1, -0.05) is 0 Å². The molecule has 72 valence electrons. The van der Waals surface area contributed by atoms with Crippen LogP contribution in [0.2, 0.25) is 0 Å². The minimum atomic E-state index is 0.154. The number of nitrogen functional groups attached to an aromatic ring is 3. The first-order valence-electron chi connectivity index (χ1n) is 4.16. The number of nitrogens with two attached hydrogens (primary N) is 3. The highest BCUT2D eigenvalue weighted by Gasteiger charge is 2.08. The number of phenolic OH excluding ortho intramolecular Hbond substituents is 1. The second-order valence-corrected chi connectivity index (χ2v) is 3.16. The molecule has 0 aliphatic rings. The third-order valence-corrected chi connectivity index (χ3v) is 2.26. The van der Waals surface area contributed by atoms with Crippen LogP contribution in [0.1, 0.15) is 0 Å². The Kier molecular flexibility index (Phi) is 1.64. The number of benzene rings is 2. The maximum atomic E-state index is 9.56. The normalized spacial score (nSPS) is 10.6. The number of rotatable bonds is 0. The Morgan fingerprint density at radius 1 is 0.857 bits per heavy atom. The van der Waals surface area contributed by atoms with Crippen LogP contribution in [0.3, 0.4) is 0 Å². The molecular weight excluding hydrogens is 178 g/mol. The zero-order valence-corrected chi connectivity index (χ0v) is 7.49. The van der Waals surface area contributed by atoms with Gasteiger partial charge in [0.05, 0.1) is 11.4 Å². The Labute approximate surface area is 80.9 Å². The van der Waals surface area contributed by atoms with Crippen LogP contribution in [0.4, 0.5) is 17.1 Å². The Hall–Kier alpha value is -2.10. The molecule has 0 saturated carbocycles. The summed E-state index contributed by atoms with van der Waals surface area (Å²) < 4.78 is 0. The Morgan fingerprint density at radius 3 is 2.21 bits per heavy atom. The quantitative estimate of drug-likeness (QED) is 0.370. The van der Waals surface area contributed by atoms with Crippen LogP contribution in [-0.4, -0.2) is 5.11 Å². The van der Waals surface area contributed by atoms with Gasteiger partial charge in [-0.05, 0) is 24.3 Å². The zero-order chi connectivity index (χ0) is 10.3. The summed E-state index contributed by atoms with van der Waals surface area (Å²) in [5.74, 6) is 0.154. The molecule has 0 aromatic heterocycles. The summed E-state index contributed by atoms with van der Waals surface area (Å²) in [6.45, 7) is 0. The maximum absolute atomic E-state index is 9.56. The fraction of sp³-hybridized carbons (Fsp3) is 0. The number of hydrogen-bond acceptors (Lipinski definition) is 4. The average molecular weight is 189 g/mol. The zero-order valence-electron chi connectivity index (χ0n) is 7.49. The lowest BCUT2D eigenvalue weighted by atomic mass is 10.0. The first-order chi connectivity index (χ1) is 6.61. The fourth-order valence-electron chi connectivity index (χ4n) is 1.50. The van der Waals surface area contributed by atoms with Crippen LogP contribution in [0.25, 0.3) is 10.8 Å². The summed E-state index contributed by atoms with van der Waals surface area (Å²) in [7, 11) is 0. The van der Waals surface area contributed by atoms with Gasteiger partial charge >= 0.3 is 0 Å². The molecule has 2 rings (SSSR count). The average Bonchev–Trinajstić information content (AvgIpc) is 2.16. The molecule has 0 radical (unpaired) electrons. The summed E-state index contributed by atoms with van der Waals surface area (Å²) in [6.07, 6.45) is 0. The van der Waals surface area contributed by atoms with E-state index < -0.39 is 0 Å². The number of phenols is 1. The molecule has 0 amide bonds. The molecule has 0 saturated heterocycles. The number of anilines is 3. The van der Waals surface area contributed by atoms with Gasteiger partial charge in [0, 0.05) is 16.5 Å². The molecule has 0 fully saturated rings. The van der Waals surface area contributed by atoms with Crippen LogP contribution >= 0.6 is 0 Å². The van der Waals surface area contributed by atoms with Crippen LogP contribution in [0, 0.1) is 0 Å². The standard InChI is InChI=1S/C10H11N3O/c11-6-3-4-8(14)5-1-2-7(12)10(13)9(5)6/h1-4,14H,11-13H2. The lowest BCUT2D eigenvalue weighted by Crippen LogP contribution is -1.98. The van der Waals surface area contributed by atoms with Crippen molar-refractivity contribution in [2.45, 2.75) is 0 Å². The van der Waals surface area contributed by atoms with E-state index in [2.05, 4.69) is 0 Å². The largest absolute Gasteiger partial charge is 0.507 e. The minimum absolute atomic E-state index is 0.154. The van der Waals surface area contributed by atoms with Crippen LogP contribution < -0.4 is 17.2 Å². The van der Waals surface area contributed by atoms with Gasteiger partial charge < -0.3 is 22.3 Å². The maximum Gasteiger partial charge on any atom is 0.123 e. The van der Waals surface area contributed by atoms with E-state index in [0.717, 1.165) is 0 Å². The molecule has 4 heteroatoms. The van der Waals surface area contributed by atoms with Gasteiger partial charge in [0.15, 0.2) is 0 Å². The molecule has 0 atom stereocenters. The lowest BCUT2D eigenvalue weighted by molar-refractivity contribution is 0.482. The van der Waals surface area contributed by atoms with E-state index in [0.29, 0.717) is 27.8 Å². The van der Waals surface area contributed by atoms with Crippen LogP contribution in [-0.2, 0) is 0 Å². The van der Waals surface area contributed by atoms with E-state index in [4.69, 9.17) is 17.2 Å². The smallest absolute Gasteiger partial charge is 0.123 e. The minimum Gasteiger partial charge on any atom is -0.507 e. The molecule has 0 aliphatic carbocycles. The van der Waals surface area contributed by atoms with Gasteiger partial charge in [0.25, 0.3) is 0 Å². The molecular formula is C10H11N3O. The highest BCUT2D eigenvalue weighted by Crippen LogP contribution is 2.35. The van der Waals surface area contributed by atoms with Crippen molar-refractivity contribution in [3.05, 3.63) is 24.3 Å². The Balaban J connectivity index is 3.01. The Bertz CT molecular complexity index is 508. The van der Waals surface area contributed by atoms with Crippen molar-refractivity contribution in [3.63, 3.8) is 0 Å². The predicted octanol–water partition coefficient (Wildman–Crippen LogP) is 1.29. The van der Waals surface area contributed by atoms with Gasteiger partial charge in [0.2, 0.25) is 0 Å². The van der Waals surface area contributed by atoms with Crippen molar-refractivity contribution >= 4 is 27.8 Å². The van der Waals surface area contributed by atoms with Gasteiger partial charge in [-0.25, -0.2) is 0 Å². The molecule has 0 unspecified atom stereocenters. The summed E-state index contributed by atoms with van der Waals surface area (Å²) in [5, 5.41) is 10.8. The van der Waals surface area contributed by atoms with E-state index in [1.54, 1.807) is 18.2 Å². The second kappa shape index (κ2) is 2.70. The van der Waals surface area contributed by atoms with Crippen molar-refractivity contribution < 1.29 is 5.11 Å². The molecule has 0 spiro atoms.